The number of hydrogen-bond acceptors (Lipinski definition) is 3. The van der Waals surface area contributed by atoms with E-state index in [4.69, 9.17) is 0 Å². The monoisotopic (exact) mass is 416 g/mol. The number of carbonyl (C=O) groups excluding carboxylic acids is 1. The van der Waals surface area contributed by atoms with Gasteiger partial charge in [-0.15, -0.1) is 0 Å². The molecule has 4 bridgehead atoms. The largest absolute Gasteiger partial charge is 0.355 e. The van der Waals surface area contributed by atoms with Crippen molar-refractivity contribution < 1.29 is 13.2 Å². The Hall–Kier alpha value is -1.40. The Morgan fingerprint density at radius 3 is 2.41 bits per heavy atom. The predicted octanol–water partition coefficient (Wildman–Crippen LogP) is 3.34. The maximum absolute atomic E-state index is 13.1. The molecule has 6 rings (SSSR count). The van der Waals surface area contributed by atoms with E-state index in [-0.39, 0.29) is 17.2 Å². The number of amides is 1. The Morgan fingerprint density at radius 1 is 1.14 bits per heavy atom. The van der Waals surface area contributed by atoms with Crippen molar-refractivity contribution in [2.45, 2.75) is 56.8 Å². The van der Waals surface area contributed by atoms with Crippen LogP contribution in [-0.2, 0) is 14.8 Å². The average molecular weight is 417 g/mol. The molecule has 0 spiro atoms. The molecule has 1 amide bonds. The summed E-state index contributed by atoms with van der Waals surface area (Å²) in [4.78, 5) is 13.5. The minimum Gasteiger partial charge on any atom is -0.355 e. The molecule has 1 unspecified atom stereocenters. The number of carbonyl (C=O) groups is 1. The van der Waals surface area contributed by atoms with Crippen molar-refractivity contribution in [2.24, 2.45) is 29.1 Å². The Kier molecular flexibility index (Phi) is 4.78. The number of aryl methyl sites for hydroxylation is 1. The Labute approximate surface area is 174 Å². The van der Waals surface area contributed by atoms with Crippen LogP contribution in [0.5, 0.6) is 0 Å². The molecule has 1 atom stereocenters. The van der Waals surface area contributed by atoms with Crippen molar-refractivity contribution in [3.8, 4) is 0 Å². The third-order valence-electron chi connectivity index (χ3n) is 7.95. The quantitative estimate of drug-likeness (QED) is 0.801. The van der Waals surface area contributed by atoms with Crippen LogP contribution in [0.1, 0.15) is 50.5 Å². The molecule has 29 heavy (non-hydrogen) atoms. The van der Waals surface area contributed by atoms with Crippen LogP contribution in [0.25, 0.3) is 0 Å². The van der Waals surface area contributed by atoms with E-state index in [1.54, 1.807) is 22.5 Å². The lowest BCUT2D eigenvalue weighted by Gasteiger charge is -2.55. The van der Waals surface area contributed by atoms with Gasteiger partial charge in [0.15, 0.2) is 0 Å². The molecule has 1 heterocycles. The van der Waals surface area contributed by atoms with Gasteiger partial charge in [0.05, 0.1) is 4.90 Å². The van der Waals surface area contributed by atoms with Crippen LogP contribution in [0.15, 0.2) is 29.2 Å². The first-order valence-electron chi connectivity index (χ1n) is 11.2. The molecule has 0 aromatic heterocycles. The van der Waals surface area contributed by atoms with Gasteiger partial charge in [-0.3, -0.25) is 4.79 Å². The van der Waals surface area contributed by atoms with Gasteiger partial charge in [0.25, 0.3) is 0 Å². The third-order valence-corrected chi connectivity index (χ3v) is 9.81. The average Bonchev–Trinajstić information content (AvgIpc) is 3.15. The van der Waals surface area contributed by atoms with E-state index >= 15 is 0 Å². The van der Waals surface area contributed by atoms with Crippen LogP contribution in [0, 0.1) is 36.0 Å². The second-order valence-electron chi connectivity index (χ2n) is 10.2. The van der Waals surface area contributed by atoms with Crippen molar-refractivity contribution in [3.63, 3.8) is 0 Å². The molecule has 1 N–H and O–H groups in total. The summed E-state index contributed by atoms with van der Waals surface area (Å²) in [5, 5.41) is 3.24. The molecule has 0 radical (unpaired) electrons. The SMILES string of the molecule is Cc1cccc(S(=O)(=O)N2CCC(CNC(=O)C34CC5CC(CC(C5)C3)C4)C2)c1. The van der Waals surface area contributed by atoms with Crippen molar-refractivity contribution in [1.29, 1.82) is 0 Å². The summed E-state index contributed by atoms with van der Waals surface area (Å²) >= 11 is 0. The highest BCUT2D eigenvalue weighted by Crippen LogP contribution is 2.60. The van der Waals surface area contributed by atoms with E-state index < -0.39 is 10.0 Å². The molecule has 5 fully saturated rings. The van der Waals surface area contributed by atoms with E-state index in [1.165, 1.54) is 19.3 Å². The first kappa shape index (κ1) is 19.6. The summed E-state index contributed by atoms with van der Waals surface area (Å²) in [5.74, 6) is 2.72. The fourth-order valence-corrected chi connectivity index (χ4v) is 8.56. The van der Waals surface area contributed by atoms with E-state index in [0.29, 0.717) is 24.5 Å². The maximum Gasteiger partial charge on any atom is 0.243 e. The minimum absolute atomic E-state index is 0.124. The number of hydrogen-bond donors (Lipinski definition) is 1. The normalized spacial score (nSPS) is 36.4. The van der Waals surface area contributed by atoms with Gasteiger partial charge >= 0.3 is 0 Å². The summed E-state index contributed by atoms with van der Waals surface area (Å²) in [5.41, 5.74) is 0.824. The number of rotatable bonds is 5. The van der Waals surface area contributed by atoms with Gasteiger partial charge in [0.2, 0.25) is 15.9 Å². The standard InChI is InChI=1S/C23H32N2O3S/c1-16-3-2-4-21(7-16)29(27,28)25-6-5-17(15-25)14-24-22(26)23-11-18-8-19(12-23)10-20(9-18)13-23/h2-4,7,17-20H,5-6,8-15H2,1H3,(H,24,26). The van der Waals surface area contributed by atoms with Crippen LogP contribution >= 0.6 is 0 Å². The molecule has 5 nitrogen and oxygen atoms in total. The van der Waals surface area contributed by atoms with Crippen molar-refractivity contribution in [1.82, 2.24) is 9.62 Å². The highest BCUT2D eigenvalue weighted by atomic mass is 32.2. The van der Waals surface area contributed by atoms with Gasteiger partial charge in [0, 0.05) is 25.0 Å². The second kappa shape index (κ2) is 7.09. The van der Waals surface area contributed by atoms with E-state index in [1.807, 2.05) is 13.0 Å². The fraction of sp³-hybridized carbons (Fsp3) is 0.696. The van der Waals surface area contributed by atoms with Gasteiger partial charge in [-0.2, -0.15) is 4.31 Å². The topological polar surface area (TPSA) is 66.5 Å². The first-order valence-corrected chi connectivity index (χ1v) is 12.6. The number of benzene rings is 1. The van der Waals surface area contributed by atoms with E-state index in [2.05, 4.69) is 5.32 Å². The van der Waals surface area contributed by atoms with Crippen LogP contribution in [-0.4, -0.2) is 38.3 Å². The summed E-state index contributed by atoms with van der Waals surface area (Å²) < 4.78 is 27.5. The predicted molar refractivity (Wildman–Crippen MR) is 112 cm³/mol. The number of nitrogens with one attached hydrogen (secondary N) is 1. The Morgan fingerprint density at radius 2 is 1.79 bits per heavy atom. The highest BCUT2D eigenvalue weighted by molar-refractivity contribution is 7.89. The lowest BCUT2D eigenvalue weighted by atomic mass is 9.49. The molecule has 1 aromatic rings. The first-order chi connectivity index (χ1) is 13.8. The number of sulfonamides is 1. The molecule has 1 saturated heterocycles. The maximum atomic E-state index is 13.1. The lowest BCUT2D eigenvalue weighted by molar-refractivity contribution is -0.146. The van der Waals surface area contributed by atoms with Crippen molar-refractivity contribution in [2.75, 3.05) is 19.6 Å². The van der Waals surface area contributed by atoms with Gasteiger partial charge in [-0.25, -0.2) is 8.42 Å². The van der Waals surface area contributed by atoms with Crippen LogP contribution < -0.4 is 5.32 Å². The molecule has 4 aliphatic carbocycles. The third kappa shape index (κ3) is 3.52. The highest BCUT2D eigenvalue weighted by Gasteiger charge is 2.54. The zero-order chi connectivity index (χ0) is 20.2. The number of nitrogens with zero attached hydrogens (tertiary/aromatic N) is 1. The minimum atomic E-state index is -3.45. The van der Waals surface area contributed by atoms with Gasteiger partial charge in [-0.05, 0) is 93.2 Å². The summed E-state index contributed by atoms with van der Waals surface area (Å²) in [6.07, 6.45) is 8.03. The zero-order valence-corrected chi connectivity index (χ0v) is 18.1. The lowest BCUT2D eigenvalue weighted by Crippen LogP contribution is -2.54. The molecule has 4 saturated carbocycles. The smallest absolute Gasteiger partial charge is 0.243 e. The van der Waals surface area contributed by atoms with Gasteiger partial charge in [0.1, 0.15) is 0 Å². The summed E-state index contributed by atoms with van der Waals surface area (Å²) in [7, 11) is -3.45. The summed E-state index contributed by atoms with van der Waals surface area (Å²) in [6, 6.07) is 7.11. The van der Waals surface area contributed by atoms with Gasteiger partial charge in [-0.1, -0.05) is 12.1 Å². The molecule has 5 aliphatic rings. The molecule has 1 aromatic carbocycles. The second-order valence-corrected chi connectivity index (χ2v) is 12.2. The van der Waals surface area contributed by atoms with E-state index in [9.17, 15) is 13.2 Å². The van der Waals surface area contributed by atoms with Crippen molar-refractivity contribution >= 4 is 15.9 Å². The molecular weight excluding hydrogens is 384 g/mol. The Balaban J connectivity index is 1.19. The summed E-state index contributed by atoms with van der Waals surface area (Å²) in [6.45, 7) is 3.54. The van der Waals surface area contributed by atoms with Crippen LogP contribution in [0.2, 0.25) is 0 Å². The van der Waals surface area contributed by atoms with Gasteiger partial charge < -0.3 is 5.32 Å². The molecule has 1 aliphatic heterocycles. The molecular formula is C23H32N2O3S. The molecule has 158 valence electrons. The molecule has 6 heteroatoms. The fourth-order valence-electron chi connectivity index (χ4n) is 6.92. The van der Waals surface area contributed by atoms with Crippen molar-refractivity contribution in [3.05, 3.63) is 29.8 Å². The van der Waals surface area contributed by atoms with Crippen LogP contribution in [0.4, 0.5) is 0 Å². The zero-order valence-electron chi connectivity index (χ0n) is 17.3. The Bertz CT molecular complexity index is 875. The van der Waals surface area contributed by atoms with Crippen LogP contribution in [0.3, 0.4) is 0 Å². The van der Waals surface area contributed by atoms with E-state index in [0.717, 1.165) is 49.0 Å².